The van der Waals surface area contributed by atoms with Crippen LogP contribution in [0.25, 0.3) is 11.4 Å². The second-order valence-electron chi connectivity index (χ2n) is 6.16. The second kappa shape index (κ2) is 8.34. The van der Waals surface area contributed by atoms with Crippen molar-refractivity contribution in [3.05, 3.63) is 56.6 Å². The number of rotatable bonds is 5. The monoisotopic (exact) mass is 440 g/mol. The van der Waals surface area contributed by atoms with Crippen LogP contribution in [-0.4, -0.2) is 21.1 Å². The van der Waals surface area contributed by atoms with Crippen molar-refractivity contribution >= 4 is 46.5 Å². The van der Waals surface area contributed by atoms with Gasteiger partial charge in [0.15, 0.2) is 17.5 Å². The molecule has 1 aromatic carbocycles. The van der Waals surface area contributed by atoms with Gasteiger partial charge in [0.1, 0.15) is 5.02 Å². The molecule has 0 spiro atoms. The molecule has 146 valence electrons. The van der Waals surface area contributed by atoms with Crippen LogP contribution in [0.2, 0.25) is 15.2 Å². The smallest absolute Gasteiger partial charge is 0.359 e. The fourth-order valence-corrected chi connectivity index (χ4v) is 2.90. The number of hydrogen-bond acceptors (Lipinski definition) is 7. The lowest BCUT2D eigenvalue weighted by Gasteiger charge is -2.08. The molecule has 0 saturated carbocycles. The fourth-order valence-electron chi connectivity index (χ4n) is 2.31. The maximum Gasteiger partial charge on any atom is 0.359 e. The molecule has 7 nitrogen and oxygen atoms in total. The summed E-state index contributed by atoms with van der Waals surface area (Å²) in [5, 5.41) is 3.56. The van der Waals surface area contributed by atoms with Crippen molar-refractivity contribution in [2.75, 3.05) is 5.73 Å². The Labute approximate surface area is 175 Å². The lowest BCUT2D eigenvalue weighted by molar-refractivity contribution is 0.0423. The number of ether oxygens (including phenoxy) is 1. The molecule has 3 aromatic rings. The van der Waals surface area contributed by atoms with Gasteiger partial charge >= 0.3 is 5.97 Å². The first-order valence-electron chi connectivity index (χ1n) is 8.18. The highest BCUT2D eigenvalue weighted by molar-refractivity contribution is 6.46. The van der Waals surface area contributed by atoms with Gasteiger partial charge < -0.3 is 15.0 Å². The van der Waals surface area contributed by atoms with E-state index in [1.165, 1.54) is 5.56 Å². The van der Waals surface area contributed by atoms with Gasteiger partial charge in [0.2, 0.25) is 5.82 Å². The van der Waals surface area contributed by atoms with Crippen molar-refractivity contribution in [1.82, 2.24) is 15.1 Å². The maximum absolute atomic E-state index is 12.2. The predicted octanol–water partition coefficient (Wildman–Crippen LogP) is 5.15. The Bertz CT molecular complexity index is 1020. The third-order valence-corrected chi connectivity index (χ3v) is 5.03. The quantitative estimate of drug-likeness (QED) is 0.431. The number of nitrogens with zero attached hydrogens (tertiary/aromatic N) is 3. The number of aromatic nitrogens is 3. The molecule has 0 aliphatic heterocycles. The zero-order valence-corrected chi connectivity index (χ0v) is 17.1. The van der Waals surface area contributed by atoms with E-state index >= 15 is 0 Å². The number of nitrogen functional groups attached to an aromatic ring is 1. The molecule has 0 saturated heterocycles. The third-order valence-electron chi connectivity index (χ3n) is 3.90. The molecule has 2 aromatic heterocycles. The highest BCUT2D eigenvalue weighted by Crippen LogP contribution is 2.34. The summed E-state index contributed by atoms with van der Waals surface area (Å²) in [6.45, 7) is 3.95. The minimum Gasteiger partial charge on any atom is -0.451 e. The molecule has 10 heteroatoms. The molecule has 0 amide bonds. The van der Waals surface area contributed by atoms with E-state index in [1.54, 1.807) is 0 Å². The number of anilines is 1. The van der Waals surface area contributed by atoms with Gasteiger partial charge in [-0.1, -0.05) is 78.1 Å². The molecular weight excluding hydrogens is 427 g/mol. The lowest BCUT2D eigenvalue weighted by Crippen LogP contribution is -2.10. The van der Waals surface area contributed by atoms with Gasteiger partial charge in [0, 0.05) is 5.56 Å². The zero-order valence-electron chi connectivity index (χ0n) is 14.9. The Balaban J connectivity index is 1.70. The first-order valence-corrected chi connectivity index (χ1v) is 9.31. The number of pyridine rings is 1. The molecule has 0 unspecified atom stereocenters. The summed E-state index contributed by atoms with van der Waals surface area (Å²) >= 11 is 17.6. The van der Waals surface area contributed by atoms with E-state index in [9.17, 15) is 4.79 Å². The summed E-state index contributed by atoms with van der Waals surface area (Å²) < 4.78 is 10.2. The number of hydrogen-bond donors (Lipinski definition) is 1. The molecule has 0 radical (unpaired) electrons. The number of nitrogens with two attached hydrogens (primary N) is 1. The van der Waals surface area contributed by atoms with Gasteiger partial charge in [0.05, 0.1) is 10.7 Å². The largest absolute Gasteiger partial charge is 0.451 e. The summed E-state index contributed by atoms with van der Waals surface area (Å²) in [6.07, 6.45) is 0. The molecule has 0 fully saturated rings. The summed E-state index contributed by atoms with van der Waals surface area (Å²) in [5.74, 6) is 0.0678. The first-order chi connectivity index (χ1) is 13.3. The topological polar surface area (TPSA) is 104 Å². The first kappa shape index (κ1) is 20.4. The van der Waals surface area contributed by atoms with Gasteiger partial charge in [-0.25, -0.2) is 9.78 Å². The van der Waals surface area contributed by atoms with Crippen LogP contribution in [0.4, 0.5) is 5.69 Å². The Morgan fingerprint density at radius 3 is 2.46 bits per heavy atom. The van der Waals surface area contributed by atoms with Gasteiger partial charge in [-0.05, 0) is 11.5 Å². The standard InChI is InChI=1S/C18H15Cl3N4O3/c1-8(2)9-3-5-10(6-4-9)17-23-11(28-25-17)7-27-18(26)15-12(19)14(22)13(20)16(21)24-15/h3-6,8H,7H2,1-2H3,(H2,22,24). The minimum atomic E-state index is -0.851. The molecule has 28 heavy (non-hydrogen) atoms. The van der Waals surface area contributed by atoms with Crippen LogP contribution < -0.4 is 5.73 Å². The zero-order chi connectivity index (χ0) is 20.4. The van der Waals surface area contributed by atoms with E-state index in [-0.39, 0.29) is 39.1 Å². The fraction of sp³-hybridized carbons (Fsp3) is 0.222. The number of carbonyl (C=O) groups excluding carboxylic acids is 1. The normalized spacial score (nSPS) is 11.1. The van der Waals surface area contributed by atoms with Crippen molar-refractivity contribution in [2.45, 2.75) is 26.4 Å². The molecule has 0 aliphatic rings. The van der Waals surface area contributed by atoms with E-state index in [0.717, 1.165) is 5.56 Å². The number of esters is 1. The van der Waals surface area contributed by atoms with E-state index in [2.05, 4.69) is 29.0 Å². The van der Waals surface area contributed by atoms with E-state index in [1.807, 2.05) is 24.3 Å². The van der Waals surface area contributed by atoms with Gasteiger partial charge in [0.25, 0.3) is 5.89 Å². The lowest BCUT2D eigenvalue weighted by atomic mass is 10.0. The van der Waals surface area contributed by atoms with Gasteiger partial charge in [-0.15, -0.1) is 0 Å². The molecule has 0 atom stereocenters. The van der Waals surface area contributed by atoms with Gasteiger partial charge in [-0.2, -0.15) is 4.98 Å². The van der Waals surface area contributed by atoms with Gasteiger partial charge in [-0.3, -0.25) is 0 Å². The summed E-state index contributed by atoms with van der Waals surface area (Å²) in [4.78, 5) is 20.2. The van der Waals surface area contributed by atoms with Crippen LogP contribution in [0, 0.1) is 0 Å². The molecule has 3 rings (SSSR count). The average Bonchev–Trinajstić information content (AvgIpc) is 3.16. The van der Waals surface area contributed by atoms with E-state index in [0.29, 0.717) is 11.7 Å². The van der Waals surface area contributed by atoms with Crippen molar-refractivity contribution in [3.8, 4) is 11.4 Å². The Morgan fingerprint density at radius 2 is 1.82 bits per heavy atom. The summed E-state index contributed by atoms with van der Waals surface area (Å²) in [6, 6.07) is 7.80. The molecular formula is C18H15Cl3N4O3. The molecule has 2 N–H and O–H groups in total. The van der Waals surface area contributed by atoms with Crippen molar-refractivity contribution in [3.63, 3.8) is 0 Å². The third kappa shape index (κ3) is 4.22. The van der Waals surface area contributed by atoms with Crippen LogP contribution in [-0.2, 0) is 11.3 Å². The van der Waals surface area contributed by atoms with Crippen LogP contribution >= 0.6 is 34.8 Å². The van der Waals surface area contributed by atoms with Crippen LogP contribution in [0.3, 0.4) is 0 Å². The number of halogens is 3. The predicted molar refractivity (Wildman–Crippen MR) is 107 cm³/mol. The van der Waals surface area contributed by atoms with Crippen LogP contribution in [0.15, 0.2) is 28.8 Å². The number of carbonyl (C=O) groups is 1. The summed E-state index contributed by atoms with van der Waals surface area (Å²) in [7, 11) is 0. The molecule has 2 heterocycles. The molecule has 0 bridgehead atoms. The Hall–Kier alpha value is -2.35. The van der Waals surface area contributed by atoms with E-state index < -0.39 is 5.97 Å². The highest BCUT2D eigenvalue weighted by atomic mass is 35.5. The summed E-state index contributed by atoms with van der Waals surface area (Å²) in [5.41, 5.74) is 7.37. The molecule has 0 aliphatic carbocycles. The Kier molecular flexibility index (Phi) is 6.07. The van der Waals surface area contributed by atoms with Crippen molar-refractivity contribution in [1.29, 1.82) is 0 Å². The van der Waals surface area contributed by atoms with Crippen LogP contribution in [0.1, 0.15) is 41.7 Å². The highest BCUT2D eigenvalue weighted by Gasteiger charge is 2.22. The van der Waals surface area contributed by atoms with Crippen molar-refractivity contribution < 1.29 is 14.1 Å². The number of benzene rings is 1. The SMILES string of the molecule is CC(C)c1ccc(-c2noc(COC(=O)c3nc(Cl)c(Cl)c(N)c3Cl)n2)cc1. The maximum atomic E-state index is 12.2. The average molecular weight is 442 g/mol. The second-order valence-corrected chi connectivity index (χ2v) is 7.27. The Morgan fingerprint density at radius 1 is 1.14 bits per heavy atom. The van der Waals surface area contributed by atoms with E-state index in [4.69, 9.17) is 49.8 Å². The van der Waals surface area contributed by atoms with Crippen LogP contribution in [0.5, 0.6) is 0 Å². The minimum absolute atomic E-state index is 0.0340. The van der Waals surface area contributed by atoms with Crippen molar-refractivity contribution in [2.24, 2.45) is 0 Å².